The molecule has 0 aromatic rings. The fourth-order valence-corrected chi connectivity index (χ4v) is 8.78. The maximum absolute atomic E-state index is 5.66. The van der Waals surface area contributed by atoms with Crippen LogP contribution in [0.5, 0.6) is 0 Å². The molecule has 1 heterocycles. The number of rotatable bonds is 6. The fraction of sp³-hybridized carbons (Fsp3) is 1.00. The third kappa shape index (κ3) is 7.22. The van der Waals surface area contributed by atoms with Gasteiger partial charge in [0.05, 0.1) is 0 Å². The molecule has 0 saturated carbocycles. The molecule has 102 valence electrons. The first-order valence-corrected chi connectivity index (χ1v) is 10.5. The predicted molar refractivity (Wildman–Crippen MR) is 69.2 cm³/mol. The van der Waals surface area contributed by atoms with Crippen molar-refractivity contribution in [1.82, 2.24) is 0 Å². The average molecular weight is 306 g/mol. The van der Waals surface area contributed by atoms with E-state index in [-0.39, 0.29) is 18.3 Å². The van der Waals surface area contributed by atoms with E-state index in [9.17, 15) is 0 Å². The Morgan fingerprint density at radius 1 is 0.556 bits per heavy atom. The van der Waals surface area contributed by atoms with Gasteiger partial charge in [0, 0.05) is 18.3 Å². The molecule has 0 aromatic heterocycles. The summed E-state index contributed by atoms with van der Waals surface area (Å²) in [7, 11) is 0. The Balaban J connectivity index is 2.54. The minimum Gasteiger partial charge on any atom is -0.545 e. The van der Waals surface area contributed by atoms with Crippen LogP contribution in [0.3, 0.4) is 0 Å². The normalized spacial score (nSPS) is 17.5. The summed E-state index contributed by atoms with van der Waals surface area (Å²) in [6.07, 6.45) is 0.214. The highest BCUT2D eigenvalue weighted by Gasteiger charge is 2.56. The highest BCUT2D eigenvalue weighted by Crippen LogP contribution is 2.14. The molecular weight excluding hydrogens is 285 g/mol. The van der Waals surface area contributed by atoms with Crippen molar-refractivity contribution in [2.75, 3.05) is 0 Å². The zero-order chi connectivity index (χ0) is 13.7. The van der Waals surface area contributed by atoms with Crippen molar-refractivity contribution in [3.05, 3.63) is 0 Å². The van der Waals surface area contributed by atoms with Crippen LogP contribution in [0, 0.1) is 0 Å². The van der Waals surface area contributed by atoms with Crippen molar-refractivity contribution in [2.24, 2.45) is 0 Å². The second-order valence-corrected chi connectivity index (χ2v) is 10.6. The molecule has 1 aliphatic rings. The van der Waals surface area contributed by atoms with Gasteiger partial charge in [0.25, 0.3) is 0 Å². The summed E-state index contributed by atoms with van der Waals surface area (Å²) in [5.74, 6) is 0. The van der Waals surface area contributed by atoms with Crippen LogP contribution in [0.2, 0.25) is 0 Å². The minimum absolute atomic E-state index is 0.0715. The van der Waals surface area contributed by atoms with E-state index < -0.39 is 45.4 Å². The molecule has 0 radical (unpaired) electrons. The van der Waals surface area contributed by atoms with Crippen molar-refractivity contribution in [3.63, 3.8) is 0 Å². The molecule has 0 aliphatic carbocycles. The Kier molecular flexibility index (Phi) is 8.32. The lowest BCUT2D eigenvalue weighted by Gasteiger charge is -2.30. The molecule has 1 rings (SSSR count). The largest absolute Gasteiger partial charge is 0.849 e. The van der Waals surface area contributed by atoms with Gasteiger partial charge in [-0.15, -0.1) is 0 Å². The van der Waals surface area contributed by atoms with Gasteiger partial charge >= 0.3 is 45.4 Å². The van der Waals surface area contributed by atoms with Crippen molar-refractivity contribution in [1.29, 1.82) is 0 Å². The molecular formula is C9H21Al3O6. The van der Waals surface area contributed by atoms with Crippen molar-refractivity contribution in [2.45, 2.75) is 59.9 Å². The van der Waals surface area contributed by atoms with Crippen LogP contribution in [-0.4, -0.2) is 63.8 Å². The first-order chi connectivity index (χ1) is 8.36. The van der Waals surface area contributed by atoms with Crippen molar-refractivity contribution in [3.8, 4) is 0 Å². The van der Waals surface area contributed by atoms with E-state index in [1.54, 1.807) is 0 Å². The summed E-state index contributed by atoms with van der Waals surface area (Å²) in [6, 6.07) is 0. The van der Waals surface area contributed by atoms with Gasteiger partial charge in [-0.2, -0.15) is 0 Å². The zero-order valence-electron chi connectivity index (χ0n) is 11.9. The lowest BCUT2D eigenvalue weighted by Crippen LogP contribution is -2.54. The maximum atomic E-state index is 5.66. The van der Waals surface area contributed by atoms with Crippen LogP contribution in [0.15, 0.2) is 0 Å². The average Bonchev–Trinajstić information content (AvgIpc) is 2.12. The number of hydrogen-bond donors (Lipinski definition) is 0. The lowest BCUT2D eigenvalue weighted by atomic mass is 10.5. The first-order valence-electron chi connectivity index (χ1n) is 6.29. The molecule has 0 amide bonds. The van der Waals surface area contributed by atoms with Crippen LogP contribution in [0.4, 0.5) is 0 Å². The molecule has 9 heteroatoms. The van der Waals surface area contributed by atoms with E-state index in [2.05, 4.69) is 0 Å². The van der Waals surface area contributed by atoms with Gasteiger partial charge in [0.1, 0.15) is 0 Å². The SMILES string of the molecule is CC(C)[O][Al]1[O][Al]([O]C(C)C)[O][Al]([O]C(C)C)[O]1. The molecule has 0 N–H and O–H groups in total. The van der Waals surface area contributed by atoms with Gasteiger partial charge in [-0.1, -0.05) is 0 Å². The van der Waals surface area contributed by atoms with E-state index >= 15 is 0 Å². The van der Waals surface area contributed by atoms with E-state index in [0.29, 0.717) is 0 Å². The molecule has 0 spiro atoms. The molecule has 0 unspecified atom stereocenters. The summed E-state index contributed by atoms with van der Waals surface area (Å²) in [6.45, 7) is 11.7. The highest BCUT2D eigenvalue weighted by molar-refractivity contribution is 6.66. The molecule has 1 saturated heterocycles. The Labute approximate surface area is 125 Å². The quantitative estimate of drug-likeness (QED) is 0.689. The maximum Gasteiger partial charge on any atom is 0.849 e. The van der Waals surface area contributed by atoms with Crippen LogP contribution >= 0.6 is 0 Å². The Hall–Kier alpha value is 1.36. The van der Waals surface area contributed by atoms with Crippen LogP contribution in [0.1, 0.15) is 41.5 Å². The van der Waals surface area contributed by atoms with E-state index in [1.165, 1.54) is 0 Å². The van der Waals surface area contributed by atoms with Gasteiger partial charge in [-0.25, -0.2) is 0 Å². The molecule has 0 bridgehead atoms. The molecule has 0 aromatic carbocycles. The van der Waals surface area contributed by atoms with E-state index in [1.807, 2.05) is 41.5 Å². The third-order valence-electron chi connectivity index (χ3n) is 1.82. The second-order valence-electron chi connectivity index (χ2n) is 4.83. The van der Waals surface area contributed by atoms with Gasteiger partial charge in [0.2, 0.25) is 0 Å². The van der Waals surface area contributed by atoms with Crippen LogP contribution < -0.4 is 0 Å². The topological polar surface area (TPSA) is 55.4 Å². The molecule has 6 nitrogen and oxygen atoms in total. The molecule has 1 fully saturated rings. The molecule has 18 heavy (non-hydrogen) atoms. The first kappa shape index (κ1) is 17.4. The summed E-state index contributed by atoms with van der Waals surface area (Å²) < 4.78 is 33.9. The summed E-state index contributed by atoms with van der Waals surface area (Å²) in [4.78, 5) is 0. The second kappa shape index (κ2) is 8.60. The lowest BCUT2D eigenvalue weighted by molar-refractivity contribution is 0.0364. The van der Waals surface area contributed by atoms with Gasteiger partial charge in [0.15, 0.2) is 0 Å². The van der Waals surface area contributed by atoms with Crippen molar-refractivity contribution < 1.29 is 19.9 Å². The van der Waals surface area contributed by atoms with Crippen molar-refractivity contribution >= 4 is 45.4 Å². The highest BCUT2D eigenvalue weighted by atomic mass is 27.4. The van der Waals surface area contributed by atoms with Gasteiger partial charge in [-0.05, 0) is 41.5 Å². The smallest absolute Gasteiger partial charge is 0.545 e. The Bertz CT molecular complexity index is 196. The van der Waals surface area contributed by atoms with Crippen LogP contribution in [0.25, 0.3) is 0 Å². The van der Waals surface area contributed by atoms with Gasteiger partial charge in [-0.3, -0.25) is 0 Å². The van der Waals surface area contributed by atoms with E-state index in [0.717, 1.165) is 0 Å². The monoisotopic (exact) mass is 306 g/mol. The zero-order valence-corrected chi connectivity index (χ0v) is 15.4. The van der Waals surface area contributed by atoms with Crippen LogP contribution in [-0.2, 0) is 19.9 Å². The van der Waals surface area contributed by atoms with Gasteiger partial charge < -0.3 is 19.9 Å². The summed E-state index contributed by atoms with van der Waals surface area (Å²) >= 11 is -6.51. The minimum atomic E-state index is -2.17. The molecule has 1 aliphatic heterocycles. The number of hydrogen-bond acceptors (Lipinski definition) is 6. The Morgan fingerprint density at radius 2 is 0.778 bits per heavy atom. The van der Waals surface area contributed by atoms with E-state index in [4.69, 9.17) is 19.9 Å². The summed E-state index contributed by atoms with van der Waals surface area (Å²) in [5, 5.41) is 0. The Morgan fingerprint density at radius 3 is 0.944 bits per heavy atom. The molecule has 0 atom stereocenters. The standard InChI is InChI=1S/3C3H7O.3Al.3O/c3*1-3(2)4;;;;;;/h3*3H,1-2H3;;;;;;/q3*-1;3*+1;;;. The third-order valence-corrected chi connectivity index (χ3v) is 9.45. The fourth-order valence-electron chi connectivity index (χ4n) is 1.23. The predicted octanol–water partition coefficient (Wildman–Crippen LogP) is 1.28. The summed E-state index contributed by atoms with van der Waals surface area (Å²) in [5.41, 5.74) is 0.